The molecule has 0 aromatic rings. The van der Waals surface area contributed by atoms with Gasteiger partial charge >= 0.3 is 0 Å². The Morgan fingerprint density at radius 3 is 2.50 bits per heavy atom. The van der Waals surface area contributed by atoms with Crippen LogP contribution in [0.2, 0.25) is 0 Å². The van der Waals surface area contributed by atoms with Crippen molar-refractivity contribution < 1.29 is 4.79 Å². The molecule has 0 radical (unpaired) electrons. The lowest BCUT2D eigenvalue weighted by Gasteiger charge is -2.10. The molecule has 1 rings (SSSR count). The van der Waals surface area contributed by atoms with Crippen molar-refractivity contribution in [3.63, 3.8) is 0 Å². The number of aldehydes is 1. The summed E-state index contributed by atoms with van der Waals surface area (Å²) in [5.74, 6) is 0. The first kappa shape index (κ1) is 6.81. The van der Waals surface area contributed by atoms with Gasteiger partial charge in [0.1, 0.15) is 6.29 Å². The summed E-state index contributed by atoms with van der Waals surface area (Å²) >= 11 is 0. The standard InChI is InChI=1S/C8H9NO/c1-9-5-2-8(3-6-9)4-7-10/h2-7H,1H3. The first-order chi connectivity index (χ1) is 4.83. The van der Waals surface area contributed by atoms with Crippen LogP contribution in [0.5, 0.6) is 0 Å². The fraction of sp³-hybridized carbons (Fsp3) is 0.125. The fourth-order valence-corrected chi connectivity index (χ4v) is 0.702. The van der Waals surface area contributed by atoms with Gasteiger partial charge in [0, 0.05) is 19.4 Å². The van der Waals surface area contributed by atoms with Crippen LogP contribution in [-0.2, 0) is 4.79 Å². The lowest BCUT2D eigenvalue weighted by Crippen LogP contribution is -2.02. The molecule has 0 saturated carbocycles. The van der Waals surface area contributed by atoms with Crippen molar-refractivity contribution in [1.29, 1.82) is 0 Å². The quantitative estimate of drug-likeness (QED) is 0.396. The van der Waals surface area contributed by atoms with Crippen LogP contribution in [0.4, 0.5) is 0 Å². The van der Waals surface area contributed by atoms with Gasteiger partial charge in [0.25, 0.3) is 0 Å². The molecule has 0 aromatic heterocycles. The number of hydrogen-bond donors (Lipinski definition) is 0. The average Bonchev–Trinajstić information content (AvgIpc) is 1.95. The van der Waals surface area contributed by atoms with Gasteiger partial charge in [0.05, 0.1) is 0 Å². The molecule has 10 heavy (non-hydrogen) atoms. The van der Waals surface area contributed by atoms with Crippen LogP contribution >= 0.6 is 0 Å². The van der Waals surface area contributed by atoms with Crippen molar-refractivity contribution in [2.45, 2.75) is 0 Å². The summed E-state index contributed by atoms with van der Waals surface area (Å²) in [6.45, 7) is 0. The van der Waals surface area contributed by atoms with E-state index in [2.05, 4.69) is 0 Å². The van der Waals surface area contributed by atoms with Gasteiger partial charge in [0.15, 0.2) is 0 Å². The molecule has 1 aliphatic heterocycles. The molecular formula is C8H9NO. The molecule has 0 amide bonds. The fourth-order valence-electron chi connectivity index (χ4n) is 0.702. The van der Waals surface area contributed by atoms with Gasteiger partial charge in [-0.05, 0) is 23.8 Å². The van der Waals surface area contributed by atoms with Gasteiger partial charge in [0.2, 0.25) is 0 Å². The van der Waals surface area contributed by atoms with Crippen LogP contribution in [0, 0.1) is 0 Å². The van der Waals surface area contributed by atoms with Crippen LogP contribution in [0.25, 0.3) is 0 Å². The Kier molecular flexibility index (Phi) is 2.05. The molecule has 1 heterocycles. The molecule has 0 bridgehead atoms. The maximum absolute atomic E-state index is 10.00. The molecule has 0 N–H and O–H groups in total. The summed E-state index contributed by atoms with van der Waals surface area (Å²) < 4.78 is 0. The Balaban J connectivity index is 2.70. The van der Waals surface area contributed by atoms with E-state index in [1.54, 1.807) is 0 Å². The molecule has 2 nitrogen and oxygen atoms in total. The van der Waals surface area contributed by atoms with Crippen LogP contribution in [0.15, 0.2) is 36.2 Å². The number of carbonyl (C=O) groups excluding carboxylic acids is 1. The van der Waals surface area contributed by atoms with Crippen LogP contribution in [0.3, 0.4) is 0 Å². The van der Waals surface area contributed by atoms with Gasteiger partial charge < -0.3 is 4.90 Å². The van der Waals surface area contributed by atoms with Crippen LogP contribution < -0.4 is 0 Å². The summed E-state index contributed by atoms with van der Waals surface area (Å²) in [5.41, 5.74) is 0.938. The highest BCUT2D eigenvalue weighted by Crippen LogP contribution is 2.05. The number of hydrogen-bond acceptors (Lipinski definition) is 2. The van der Waals surface area contributed by atoms with E-state index in [1.165, 1.54) is 6.08 Å². The van der Waals surface area contributed by atoms with Gasteiger partial charge in [-0.15, -0.1) is 0 Å². The van der Waals surface area contributed by atoms with Crippen molar-refractivity contribution in [3.8, 4) is 0 Å². The minimum Gasteiger partial charge on any atom is -0.357 e. The molecule has 0 atom stereocenters. The van der Waals surface area contributed by atoms with E-state index in [0.717, 1.165) is 11.9 Å². The Labute approximate surface area is 60.1 Å². The minimum absolute atomic E-state index is 0.787. The lowest BCUT2D eigenvalue weighted by atomic mass is 10.2. The SMILES string of the molecule is CN1C=CC(=CC=O)C=C1. The first-order valence-corrected chi connectivity index (χ1v) is 3.07. The van der Waals surface area contributed by atoms with Crippen LogP contribution in [-0.4, -0.2) is 18.2 Å². The van der Waals surface area contributed by atoms with Gasteiger partial charge in [-0.2, -0.15) is 0 Å². The van der Waals surface area contributed by atoms with E-state index >= 15 is 0 Å². The number of allylic oxidation sites excluding steroid dienone is 4. The zero-order chi connectivity index (χ0) is 7.40. The van der Waals surface area contributed by atoms with E-state index in [1.807, 2.05) is 36.5 Å². The smallest absolute Gasteiger partial charge is 0.143 e. The predicted octanol–water partition coefficient (Wildman–Crippen LogP) is 1.08. The summed E-state index contributed by atoms with van der Waals surface area (Å²) in [6.07, 6.45) is 9.88. The second-order valence-corrected chi connectivity index (χ2v) is 2.10. The highest BCUT2D eigenvalue weighted by atomic mass is 16.1. The molecule has 0 fully saturated rings. The van der Waals surface area contributed by atoms with E-state index in [9.17, 15) is 4.79 Å². The second kappa shape index (κ2) is 3.01. The maximum Gasteiger partial charge on any atom is 0.143 e. The van der Waals surface area contributed by atoms with Crippen molar-refractivity contribution in [1.82, 2.24) is 4.90 Å². The molecule has 0 unspecified atom stereocenters. The van der Waals surface area contributed by atoms with Crippen LogP contribution in [0.1, 0.15) is 0 Å². The van der Waals surface area contributed by atoms with E-state index < -0.39 is 0 Å². The highest BCUT2D eigenvalue weighted by molar-refractivity contribution is 5.68. The zero-order valence-corrected chi connectivity index (χ0v) is 5.82. The Morgan fingerprint density at radius 2 is 2.00 bits per heavy atom. The number of carbonyl (C=O) groups is 1. The third kappa shape index (κ3) is 1.58. The molecule has 52 valence electrons. The monoisotopic (exact) mass is 135 g/mol. The van der Waals surface area contributed by atoms with Crippen molar-refractivity contribution in [3.05, 3.63) is 36.2 Å². The third-order valence-electron chi connectivity index (χ3n) is 1.26. The maximum atomic E-state index is 10.00. The molecule has 0 aromatic carbocycles. The molecule has 0 aliphatic carbocycles. The molecule has 1 aliphatic rings. The molecule has 0 spiro atoms. The molecule has 0 saturated heterocycles. The zero-order valence-electron chi connectivity index (χ0n) is 5.82. The number of rotatable bonds is 1. The summed E-state index contributed by atoms with van der Waals surface area (Å²) in [5, 5.41) is 0. The predicted molar refractivity (Wildman–Crippen MR) is 40.2 cm³/mol. The highest BCUT2D eigenvalue weighted by Gasteiger charge is 1.92. The minimum atomic E-state index is 0.787. The third-order valence-corrected chi connectivity index (χ3v) is 1.26. The van der Waals surface area contributed by atoms with E-state index in [4.69, 9.17) is 0 Å². The van der Waals surface area contributed by atoms with Crippen molar-refractivity contribution >= 4 is 6.29 Å². The Morgan fingerprint density at radius 1 is 1.40 bits per heavy atom. The van der Waals surface area contributed by atoms with E-state index in [0.29, 0.717) is 0 Å². The first-order valence-electron chi connectivity index (χ1n) is 3.07. The van der Waals surface area contributed by atoms with Gasteiger partial charge in [-0.1, -0.05) is 0 Å². The van der Waals surface area contributed by atoms with Gasteiger partial charge in [-0.3, -0.25) is 4.79 Å². The van der Waals surface area contributed by atoms with Crippen molar-refractivity contribution in [2.75, 3.05) is 7.05 Å². The summed E-state index contributed by atoms with van der Waals surface area (Å²) in [4.78, 5) is 11.9. The topological polar surface area (TPSA) is 20.3 Å². The molecule has 2 heteroatoms. The normalized spacial score (nSPS) is 15.7. The largest absolute Gasteiger partial charge is 0.357 e. The molecular weight excluding hydrogens is 126 g/mol. The van der Waals surface area contributed by atoms with E-state index in [-0.39, 0.29) is 0 Å². The summed E-state index contributed by atoms with van der Waals surface area (Å²) in [7, 11) is 1.94. The van der Waals surface area contributed by atoms with Gasteiger partial charge in [-0.25, -0.2) is 0 Å². The second-order valence-electron chi connectivity index (χ2n) is 2.10. The summed E-state index contributed by atoms with van der Waals surface area (Å²) in [6, 6.07) is 0. The average molecular weight is 135 g/mol. The van der Waals surface area contributed by atoms with Crippen molar-refractivity contribution in [2.24, 2.45) is 0 Å². The number of nitrogens with zero attached hydrogens (tertiary/aromatic N) is 1. The Bertz CT molecular complexity index is 197. The Hall–Kier alpha value is -1.31. The lowest BCUT2D eigenvalue weighted by molar-refractivity contribution is -0.104.